The maximum absolute atomic E-state index is 4.38. The van der Waals surface area contributed by atoms with Gasteiger partial charge in [-0.1, -0.05) is 6.07 Å². The van der Waals surface area contributed by atoms with Crippen LogP contribution in [0.4, 0.5) is 5.13 Å². The van der Waals surface area contributed by atoms with Crippen molar-refractivity contribution in [3.8, 4) is 0 Å². The Balaban J connectivity index is 1.61. The van der Waals surface area contributed by atoms with E-state index in [9.17, 15) is 0 Å². The summed E-state index contributed by atoms with van der Waals surface area (Å²) in [7, 11) is 0. The molecule has 0 radical (unpaired) electrons. The summed E-state index contributed by atoms with van der Waals surface area (Å²) in [6, 6.07) is 4.61. The molecule has 4 nitrogen and oxygen atoms in total. The van der Waals surface area contributed by atoms with Crippen LogP contribution < -0.4 is 4.90 Å². The number of nitrogens with zero attached hydrogens (tertiary/aromatic N) is 4. The molecule has 19 heavy (non-hydrogen) atoms. The van der Waals surface area contributed by atoms with E-state index in [2.05, 4.69) is 32.8 Å². The molecule has 1 aliphatic rings. The highest BCUT2D eigenvalue weighted by molar-refractivity contribution is 7.13. The van der Waals surface area contributed by atoms with Crippen molar-refractivity contribution in [1.29, 1.82) is 0 Å². The van der Waals surface area contributed by atoms with Crippen LogP contribution in [0.25, 0.3) is 0 Å². The number of piperazine rings is 1. The van der Waals surface area contributed by atoms with E-state index >= 15 is 0 Å². The van der Waals surface area contributed by atoms with Crippen LogP contribution in [-0.4, -0.2) is 41.0 Å². The third kappa shape index (κ3) is 2.77. The molecule has 0 amide bonds. The van der Waals surface area contributed by atoms with Crippen molar-refractivity contribution in [1.82, 2.24) is 14.9 Å². The van der Waals surface area contributed by atoms with Gasteiger partial charge in [0.05, 0.1) is 0 Å². The zero-order chi connectivity index (χ0) is 13.1. The van der Waals surface area contributed by atoms with E-state index in [-0.39, 0.29) is 0 Å². The van der Waals surface area contributed by atoms with E-state index in [0.29, 0.717) is 6.04 Å². The highest BCUT2D eigenvalue weighted by Gasteiger charge is 2.23. The summed E-state index contributed by atoms with van der Waals surface area (Å²) in [5.74, 6) is 0. The summed E-state index contributed by atoms with van der Waals surface area (Å²) in [6.07, 6.45) is 5.68. The van der Waals surface area contributed by atoms with Gasteiger partial charge in [0.15, 0.2) is 5.13 Å². The van der Waals surface area contributed by atoms with E-state index < -0.39 is 0 Å². The fraction of sp³-hybridized carbons (Fsp3) is 0.429. The minimum atomic E-state index is 0.437. The standard InChI is InChI=1S/C14H18N4S/c1-12(13-3-2-4-15-11-13)17-6-8-18(9-7-17)14-16-5-10-19-14/h2-5,10-12H,6-9H2,1H3. The van der Waals surface area contributed by atoms with Gasteiger partial charge in [0.2, 0.25) is 0 Å². The monoisotopic (exact) mass is 274 g/mol. The molecule has 2 aromatic rings. The molecule has 0 spiro atoms. The first-order chi connectivity index (χ1) is 9.34. The van der Waals surface area contributed by atoms with Gasteiger partial charge in [-0.25, -0.2) is 4.98 Å². The van der Waals surface area contributed by atoms with Crippen molar-refractivity contribution in [3.63, 3.8) is 0 Å². The van der Waals surface area contributed by atoms with Gasteiger partial charge >= 0.3 is 0 Å². The average molecular weight is 274 g/mol. The lowest BCUT2D eigenvalue weighted by atomic mass is 10.1. The summed E-state index contributed by atoms with van der Waals surface area (Å²) >= 11 is 1.72. The molecule has 3 heterocycles. The molecular weight excluding hydrogens is 256 g/mol. The van der Waals surface area contributed by atoms with Crippen molar-refractivity contribution >= 4 is 16.5 Å². The van der Waals surface area contributed by atoms with Crippen LogP contribution in [0.1, 0.15) is 18.5 Å². The molecule has 0 bridgehead atoms. The predicted octanol–water partition coefficient (Wildman–Crippen LogP) is 2.42. The van der Waals surface area contributed by atoms with Crippen molar-refractivity contribution in [2.24, 2.45) is 0 Å². The second-order valence-electron chi connectivity index (χ2n) is 4.80. The Kier molecular flexibility index (Phi) is 3.75. The summed E-state index contributed by atoms with van der Waals surface area (Å²) in [5, 5.41) is 3.19. The number of pyridine rings is 1. The van der Waals surface area contributed by atoms with Crippen molar-refractivity contribution in [2.75, 3.05) is 31.1 Å². The normalized spacial score (nSPS) is 18.5. The first-order valence-corrected chi connectivity index (χ1v) is 7.51. The van der Waals surface area contributed by atoms with E-state index in [4.69, 9.17) is 0 Å². The number of thiazole rings is 1. The first kappa shape index (κ1) is 12.6. The molecule has 1 saturated heterocycles. The van der Waals surface area contributed by atoms with Gasteiger partial charge in [-0.15, -0.1) is 11.3 Å². The predicted molar refractivity (Wildman–Crippen MR) is 78.6 cm³/mol. The Labute approximate surface area is 117 Å². The van der Waals surface area contributed by atoms with Crippen LogP contribution in [0, 0.1) is 0 Å². The lowest BCUT2D eigenvalue weighted by Crippen LogP contribution is -2.47. The van der Waals surface area contributed by atoms with Crippen molar-refractivity contribution in [3.05, 3.63) is 41.7 Å². The molecule has 3 rings (SSSR count). The Hall–Kier alpha value is -1.46. The van der Waals surface area contributed by atoms with Gasteiger partial charge in [0.25, 0.3) is 0 Å². The van der Waals surface area contributed by atoms with Crippen LogP contribution in [0.15, 0.2) is 36.1 Å². The molecule has 1 atom stereocenters. The van der Waals surface area contributed by atoms with Gasteiger partial charge in [-0.3, -0.25) is 9.88 Å². The highest BCUT2D eigenvalue weighted by atomic mass is 32.1. The van der Waals surface area contributed by atoms with Gasteiger partial charge < -0.3 is 4.90 Å². The molecule has 1 unspecified atom stereocenters. The highest BCUT2D eigenvalue weighted by Crippen LogP contribution is 2.24. The second kappa shape index (κ2) is 5.67. The Morgan fingerprint density at radius 1 is 1.21 bits per heavy atom. The van der Waals surface area contributed by atoms with E-state index in [1.54, 1.807) is 11.3 Å². The Morgan fingerprint density at radius 3 is 2.68 bits per heavy atom. The fourth-order valence-electron chi connectivity index (χ4n) is 2.51. The number of hydrogen-bond acceptors (Lipinski definition) is 5. The minimum absolute atomic E-state index is 0.437. The topological polar surface area (TPSA) is 32.3 Å². The van der Waals surface area contributed by atoms with Gasteiger partial charge in [-0.2, -0.15) is 0 Å². The van der Waals surface area contributed by atoms with E-state index in [0.717, 1.165) is 31.3 Å². The smallest absolute Gasteiger partial charge is 0.185 e. The fourth-order valence-corrected chi connectivity index (χ4v) is 3.20. The molecule has 0 aromatic carbocycles. The summed E-state index contributed by atoms with van der Waals surface area (Å²) in [6.45, 7) is 6.53. The summed E-state index contributed by atoms with van der Waals surface area (Å²) in [4.78, 5) is 13.5. The minimum Gasteiger partial charge on any atom is -0.346 e. The van der Waals surface area contributed by atoms with Crippen LogP contribution in [0.2, 0.25) is 0 Å². The summed E-state index contributed by atoms with van der Waals surface area (Å²) in [5.41, 5.74) is 1.30. The molecule has 1 fully saturated rings. The SMILES string of the molecule is CC(c1cccnc1)N1CCN(c2nccs2)CC1. The van der Waals surface area contributed by atoms with Crippen LogP contribution in [0.3, 0.4) is 0 Å². The lowest BCUT2D eigenvalue weighted by molar-refractivity contribution is 0.198. The first-order valence-electron chi connectivity index (χ1n) is 6.63. The van der Waals surface area contributed by atoms with Gasteiger partial charge in [-0.05, 0) is 18.6 Å². The quantitative estimate of drug-likeness (QED) is 0.860. The molecule has 5 heteroatoms. The molecular formula is C14H18N4S. The number of hydrogen-bond donors (Lipinski definition) is 0. The third-order valence-electron chi connectivity index (χ3n) is 3.72. The van der Waals surface area contributed by atoms with E-state index in [1.165, 1.54) is 5.56 Å². The van der Waals surface area contributed by atoms with Crippen LogP contribution >= 0.6 is 11.3 Å². The Morgan fingerprint density at radius 2 is 2.05 bits per heavy atom. The average Bonchev–Trinajstić information content (AvgIpc) is 3.02. The van der Waals surface area contributed by atoms with Crippen molar-refractivity contribution in [2.45, 2.75) is 13.0 Å². The maximum Gasteiger partial charge on any atom is 0.185 e. The lowest BCUT2D eigenvalue weighted by Gasteiger charge is -2.38. The number of rotatable bonds is 3. The second-order valence-corrected chi connectivity index (χ2v) is 5.67. The molecule has 0 aliphatic carbocycles. The van der Waals surface area contributed by atoms with Crippen LogP contribution in [-0.2, 0) is 0 Å². The number of aromatic nitrogens is 2. The zero-order valence-corrected chi connectivity index (χ0v) is 11.9. The van der Waals surface area contributed by atoms with Crippen LogP contribution in [0.5, 0.6) is 0 Å². The Bertz CT molecular complexity index is 491. The third-order valence-corrected chi connectivity index (χ3v) is 4.55. The molecule has 0 N–H and O–H groups in total. The molecule has 1 aliphatic heterocycles. The largest absolute Gasteiger partial charge is 0.346 e. The molecule has 100 valence electrons. The number of anilines is 1. The molecule has 0 saturated carbocycles. The van der Waals surface area contributed by atoms with E-state index in [1.807, 2.05) is 30.0 Å². The zero-order valence-electron chi connectivity index (χ0n) is 11.1. The van der Waals surface area contributed by atoms with Gasteiger partial charge in [0.1, 0.15) is 0 Å². The van der Waals surface area contributed by atoms with Crippen molar-refractivity contribution < 1.29 is 0 Å². The van der Waals surface area contributed by atoms with Gasteiger partial charge in [0, 0.05) is 56.2 Å². The molecule has 2 aromatic heterocycles. The summed E-state index contributed by atoms with van der Waals surface area (Å²) < 4.78 is 0. The maximum atomic E-state index is 4.38.